The smallest absolute Gasteiger partial charge is 0.257 e. The summed E-state index contributed by atoms with van der Waals surface area (Å²) in [6.07, 6.45) is 0.0567. The molecule has 0 unspecified atom stereocenters. The molecular formula is C12H14N4O2S. The van der Waals surface area contributed by atoms with Gasteiger partial charge in [-0.1, -0.05) is 17.4 Å². The Balaban J connectivity index is 2.10. The molecule has 2 aromatic rings. The summed E-state index contributed by atoms with van der Waals surface area (Å²) in [7, 11) is 0. The highest BCUT2D eigenvalue weighted by molar-refractivity contribution is 7.19. The van der Waals surface area contributed by atoms with Crippen LogP contribution in [0.1, 0.15) is 24.2 Å². The first kappa shape index (κ1) is 13.3. The minimum Gasteiger partial charge on any atom is -0.491 e. The lowest BCUT2D eigenvalue weighted by molar-refractivity contribution is 0.102. The van der Waals surface area contributed by atoms with E-state index in [1.54, 1.807) is 24.3 Å². The lowest BCUT2D eigenvalue weighted by Gasteiger charge is -2.10. The first-order chi connectivity index (χ1) is 9.04. The predicted octanol–water partition coefficient (Wildman–Crippen LogP) is 2.16. The quantitative estimate of drug-likeness (QED) is 0.894. The van der Waals surface area contributed by atoms with E-state index < -0.39 is 0 Å². The van der Waals surface area contributed by atoms with Crippen LogP contribution in [-0.4, -0.2) is 22.2 Å². The summed E-state index contributed by atoms with van der Waals surface area (Å²) in [4.78, 5) is 12.0. The molecule has 0 atom stereocenters. The van der Waals surface area contributed by atoms with Crippen LogP contribution in [0, 0.1) is 0 Å². The minimum absolute atomic E-state index is 0.0567. The number of carbonyl (C=O) groups excluding carboxylic acids is 1. The molecule has 1 amide bonds. The SMILES string of the molecule is CC(C)Oc1cccc(C(=O)Nc2nnc(N)s2)c1. The Hall–Kier alpha value is -2.15. The Labute approximate surface area is 114 Å². The average Bonchev–Trinajstić information content (AvgIpc) is 2.74. The maximum absolute atomic E-state index is 12.0. The molecule has 0 aliphatic rings. The highest BCUT2D eigenvalue weighted by Gasteiger charge is 2.10. The number of nitrogens with zero attached hydrogens (tertiary/aromatic N) is 2. The van der Waals surface area contributed by atoms with Crippen molar-refractivity contribution in [1.82, 2.24) is 10.2 Å². The molecule has 0 fully saturated rings. The van der Waals surface area contributed by atoms with Crippen molar-refractivity contribution in [2.24, 2.45) is 0 Å². The van der Waals surface area contributed by atoms with E-state index >= 15 is 0 Å². The monoisotopic (exact) mass is 278 g/mol. The molecule has 0 bridgehead atoms. The van der Waals surface area contributed by atoms with Gasteiger partial charge in [-0.05, 0) is 32.0 Å². The van der Waals surface area contributed by atoms with Gasteiger partial charge in [-0.15, -0.1) is 10.2 Å². The maximum Gasteiger partial charge on any atom is 0.257 e. The second-order valence-corrected chi connectivity index (χ2v) is 5.10. The number of nitrogen functional groups attached to an aromatic ring is 1. The number of amides is 1. The molecule has 1 aromatic heterocycles. The molecule has 0 saturated carbocycles. The number of hydrogen-bond donors (Lipinski definition) is 2. The van der Waals surface area contributed by atoms with Gasteiger partial charge in [-0.25, -0.2) is 0 Å². The Morgan fingerprint density at radius 3 is 2.84 bits per heavy atom. The van der Waals surface area contributed by atoms with E-state index in [9.17, 15) is 4.79 Å². The van der Waals surface area contributed by atoms with Gasteiger partial charge < -0.3 is 10.5 Å². The van der Waals surface area contributed by atoms with Gasteiger partial charge in [0.2, 0.25) is 10.3 Å². The third kappa shape index (κ3) is 3.65. The van der Waals surface area contributed by atoms with Crippen LogP contribution < -0.4 is 15.8 Å². The third-order valence-electron chi connectivity index (χ3n) is 2.13. The number of ether oxygens (including phenoxy) is 1. The Bertz CT molecular complexity index is 583. The zero-order chi connectivity index (χ0) is 13.8. The molecule has 0 radical (unpaired) electrons. The normalized spacial score (nSPS) is 10.5. The van der Waals surface area contributed by atoms with E-state index in [1.807, 2.05) is 13.8 Å². The summed E-state index contributed by atoms with van der Waals surface area (Å²) in [6, 6.07) is 6.95. The van der Waals surface area contributed by atoms with Crippen LogP contribution in [0.2, 0.25) is 0 Å². The fourth-order valence-electron chi connectivity index (χ4n) is 1.44. The molecule has 2 rings (SSSR count). The second-order valence-electron chi connectivity index (χ2n) is 4.09. The average molecular weight is 278 g/mol. The zero-order valence-electron chi connectivity index (χ0n) is 10.6. The van der Waals surface area contributed by atoms with Gasteiger partial charge >= 0.3 is 0 Å². The highest BCUT2D eigenvalue weighted by Crippen LogP contribution is 2.19. The van der Waals surface area contributed by atoms with Crippen molar-refractivity contribution in [1.29, 1.82) is 0 Å². The molecular weight excluding hydrogens is 264 g/mol. The van der Waals surface area contributed by atoms with Gasteiger partial charge in [-0.2, -0.15) is 0 Å². The first-order valence-corrected chi connectivity index (χ1v) is 6.53. The Kier molecular flexibility index (Phi) is 3.96. The number of hydrogen-bond acceptors (Lipinski definition) is 6. The van der Waals surface area contributed by atoms with Crippen molar-refractivity contribution in [2.45, 2.75) is 20.0 Å². The van der Waals surface area contributed by atoms with E-state index in [1.165, 1.54) is 0 Å². The predicted molar refractivity (Wildman–Crippen MR) is 74.5 cm³/mol. The largest absolute Gasteiger partial charge is 0.491 e. The summed E-state index contributed by atoms with van der Waals surface area (Å²) >= 11 is 1.12. The van der Waals surface area contributed by atoms with Crippen molar-refractivity contribution in [2.75, 3.05) is 11.1 Å². The second kappa shape index (κ2) is 5.66. The first-order valence-electron chi connectivity index (χ1n) is 5.71. The van der Waals surface area contributed by atoms with Crippen LogP contribution in [-0.2, 0) is 0 Å². The van der Waals surface area contributed by atoms with E-state index in [0.717, 1.165) is 11.3 Å². The van der Waals surface area contributed by atoms with Gasteiger partial charge in [-0.3, -0.25) is 10.1 Å². The topological polar surface area (TPSA) is 90.1 Å². The fourth-order valence-corrected chi connectivity index (χ4v) is 1.94. The molecule has 0 spiro atoms. The summed E-state index contributed by atoms with van der Waals surface area (Å²) in [5.74, 6) is 0.379. The van der Waals surface area contributed by atoms with Crippen molar-refractivity contribution >= 4 is 27.5 Å². The fraction of sp³-hybridized carbons (Fsp3) is 0.250. The molecule has 1 heterocycles. The van der Waals surface area contributed by atoms with Gasteiger partial charge in [0.1, 0.15) is 5.75 Å². The number of carbonyl (C=O) groups is 1. The molecule has 0 aliphatic carbocycles. The summed E-state index contributed by atoms with van der Waals surface area (Å²) in [5, 5.41) is 10.7. The number of nitrogens with two attached hydrogens (primary N) is 1. The zero-order valence-corrected chi connectivity index (χ0v) is 11.4. The summed E-state index contributed by atoms with van der Waals surface area (Å²) in [6.45, 7) is 3.85. The molecule has 7 heteroatoms. The molecule has 1 aromatic carbocycles. The van der Waals surface area contributed by atoms with Gasteiger partial charge in [0, 0.05) is 5.56 Å². The number of anilines is 2. The van der Waals surface area contributed by atoms with Crippen molar-refractivity contribution in [3.8, 4) is 5.75 Å². The molecule has 100 valence electrons. The Morgan fingerprint density at radius 1 is 1.42 bits per heavy atom. The van der Waals surface area contributed by atoms with Gasteiger partial charge in [0.05, 0.1) is 6.10 Å². The number of benzene rings is 1. The van der Waals surface area contributed by atoms with Crippen LogP contribution >= 0.6 is 11.3 Å². The lowest BCUT2D eigenvalue weighted by Crippen LogP contribution is -2.12. The molecule has 0 aliphatic heterocycles. The van der Waals surface area contributed by atoms with Crippen LogP contribution in [0.25, 0.3) is 0 Å². The summed E-state index contributed by atoms with van der Waals surface area (Å²) < 4.78 is 5.53. The van der Waals surface area contributed by atoms with E-state index in [4.69, 9.17) is 10.5 Å². The van der Waals surface area contributed by atoms with Gasteiger partial charge in [0.25, 0.3) is 5.91 Å². The molecule has 6 nitrogen and oxygen atoms in total. The van der Waals surface area contributed by atoms with Crippen LogP contribution in [0.15, 0.2) is 24.3 Å². The highest BCUT2D eigenvalue weighted by atomic mass is 32.1. The van der Waals surface area contributed by atoms with E-state index in [0.29, 0.717) is 21.6 Å². The van der Waals surface area contributed by atoms with Crippen molar-refractivity contribution in [3.05, 3.63) is 29.8 Å². The molecule has 3 N–H and O–H groups in total. The van der Waals surface area contributed by atoms with E-state index in [-0.39, 0.29) is 12.0 Å². The summed E-state index contributed by atoms with van der Waals surface area (Å²) in [5.41, 5.74) is 5.94. The number of aromatic nitrogens is 2. The van der Waals surface area contributed by atoms with Crippen molar-refractivity contribution in [3.63, 3.8) is 0 Å². The molecule has 0 saturated heterocycles. The van der Waals surface area contributed by atoms with Crippen LogP contribution in [0.5, 0.6) is 5.75 Å². The van der Waals surface area contributed by atoms with E-state index in [2.05, 4.69) is 15.5 Å². The minimum atomic E-state index is -0.273. The number of rotatable bonds is 4. The van der Waals surface area contributed by atoms with Crippen molar-refractivity contribution < 1.29 is 9.53 Å². The maximum atomic E-state index is 12.0. The third-order valence-corrected chi connectivity index (χ3v) is 2.80. The van der Waals surface area contributed by atoms with Crippen LogP contribution in [0.4, 0.5) is 10.3 Å². The standard InChI is InChI=1S/C12H14N4O2S/c1-7(2)18-9-5-3-4-8(6-9)10(17)14-12-16-15-11(13)19-12/h3-7H,1-2H3,(H2,13,15)(H,14,16,17). The Morgan fingerprint density at radius 2 is 2.21 bits per heavy atom. The van der Waals surface area contributed by atoms with Gasteiger partial charge in [0.15, 0.2) is 0 Å². The number of nitrogens with one attached hydrogen (secondary N) is 1. The molecule has 19 heavy (non-hydrogen) atoms. The van der Waals surface area contributed by atoms with Crippen LogP contribution in [0.3, 0.4) is 0 Å². The lowest BCUT2D eigenvalue weighted by atomic mass is 10.2.